The average molecular weight is 218 g/mol. The summed E-state index contributed by atoms with van der Waals surface area (Å²) in [5.74, 6) is 0.496. The molecule has 1 aromatic rings. The van der Waals surface area contributed by atoms with Crippen molar-refractivity contribution in [3.8, 4) is 0 Å². The van der Waals surface area contributed by atoms with Gasteiger partial charge in [0.1, 0.15) is 0 Å². The number of fused-ring (bicyclic) bond motifs is 1. The summed E-state index contributed by atoms with van der Waals surface area (Å²) in [6.07, 6.45) is 4.29. The van der Waals surface area contributed by atoms with Crippen molar-refractivity contribution in [1.82, 2.24) is 4.98 Å². The van der Waals surface area contributed by atoms with Gasteiger partial charge in [-0.3, -0.25) is 4.98 Å². The predicted octanol–water partition coefficient (Wildman–Crippen LogP) is 1.40. The molecule has 16 heavy (non-hydrogen) atoms. The van der Waals surface area contributed by atoms with Crippen LogP contribution in [-0.4, -0.2) is 24.2 Å². The second-order valence-corrected chi connectivity index (χ2v) is 4.92. The summed E-state index contributed by atoms with van der Waals surface area (Å²) in [6, 6.07) is 4.65. The highest BCUT2D eigenvalue weighted by Crippen LogP contribution is 2.27. The topological polar surface area (TPSA) is 48.1 Å². The molecule has 3 rings (SSSR count). The minimum absolute atomic E-state index is 0.278. The van der Waals surface area contributed by atoms with Gasteiger partial charge in [0, 0.05) is 36.4 Å². The van der Waals surface area contributed by atoms with E-state index in [0.29, 0.717) is 5.92 Å². The first kappa shape index (κ1) is 10.2. The SMILES string of the molecule is NC1Cc2ccc(C3CCCOC3)nc2C1. The monoisotopic (exact) mass is 218 g/mol. The highest BCUT2D eigenvalue weighted by Gasteiger charge is 2.23. The summed E-state index contributed by atoms with van der Waals surface area (Å²) < 4.78 is 5.51. The van der Waals surface area contributed by atoms with E-state index in [2.05, 4.69) is 12.1 Å². The minimum atomic E-state index is 0.278. The van der Waals surface area contributed by atoms with E-state index in [1.807, 2.05) is 0 Å². The fourth-order valence-corrected chi connectivity index (χ4v) is 2.71. The van der Waals surface area contributed by atoms with Crippen molar-refractivity contribution in [3.05, 3.63) is 29.1 Å². The molecule has 2 N–H and O–H groups in total. The maximum absolute atomic E-state index is 5.95. The number of ether oxygens (including phenoxy) is 1. The fourth-order valence-electron chi connectivity index (χ4n) is 2.71. The molecule has 1 fully saturated rings. The zero-order chi connectivity index (χ0) is 11.0. The Morgan fingerprint density at radius 2 is 2.25 bits per heavy atom. The van der Waals surface area contributed by atoms with E-state index in [1.165, 1.54) is 23.4 Å². The number of aromatic nitrogens is 1. The summed E-state index contributed by atoms with van der Waals surface area (Å²) >= 11 is 0. The van der Waals surface area contributed by atoms with Gasteiger partial charge in [0.25, 0.3) is 0 Å². The second-order valence-electron chi connectivity index (χ2n) is 4.92. The van der Waals surface area contributed by atoms with Crippen molar-refractivity contribution in [3.63, 3.8) is 0 Å². The smallest absolute Gasteiger partial charge is 0.0549 e. The summed E-state index contributed by atoms with van der Waals surface area (Å²) in [7, 11) is 0. The number of hydrogen-bond donors (Lipinski definition) is 1. The van der Waals surface area contributed by atoms with Gasteiger partial charge in [0.15, 0.2) is 0 Å². The Hall–Kier alpha value is -0.930. The zero-order valence-electron chi connectivity index (χ0n) is 9.48. The Bertz CT molecular complexity index is 386. The number of nitrogens with two attached hydrogens (primary N) is 1. The second kappa shape index (κ2) is 4.15. The Morgan fingerprint density at radius 3 is 3.06 bits per heavy atom. The van der Waals surface area contributed by atoms with Gasteiger partial charge in [0.05, 0.1) is 6.61 Å². The third-order valence-electron chi connectivity index (χ3n) is 3.61. The summed E-state index contributed by atoms with van der Waals surface area (Å²) in [4.78, 5) is 4.77. The lowest BCUT2D eigenvalue weighted by molar-refractivity contribution is 0.0792. The van der Waals surface area contributed by atoms with E-state index >= 15 is 0 Å². The summed E-state index contributed by atoms with van der Waals surface area (Å²) in [5.41, 5.74) is 9.71. The summed E-state index contributed by atoms with van der Waals surface area (Å²) in [5, 5.41) is 0. The standard InChI is InChI=1S/C13H18N2O/c14-11-6-9-3-4-12(15-13(9)7-11)10-2-1-5-16-8-10/h3-4,10-11H,1-2,5-8,14H2. The first-order valence-corrected chi connectivity index (χ1v) is 6.15. The van der Waals surface area contributed by atoms with E-state index in [9.17, 15) is 0 Å². The molecule has 1 aromatic heterocycles. The Labute approximate surface area is 96.0 Å². The molecular formula is C13H18N2O. The first-order valence-electron chi connectivity index (χ1n) is 6.15. The van der Waals surface area contributed by atoms with Crippen LogP contribution in [0, 0.1) is 0 Å². The van der Waals surface area contributed by atoms with Crippen LogP contribution in [0.3, 0.4) is 0 Å². The molecule has 2 aliphatic rings. The molecule has 86 valence electrons. The number of rotatable bonds is 1. The van der Waals surface area contributed by atoms with Gasteiger partial charge in [-0.05, 0) is 30.9 Å². The van der Waals surface area contributed by atoms with E-state index in [-0.39, 0.29) is 6.04 Å². The molecule has 2 unspecified atom stereocenters. The van der Waals surface area contributed by atoms with Crippen LogP contribution in [0.5, 0.6) is 0 Å². The van der Waals surface area contributed by atoms with Gasteiger partial charge in [-0.25, -0.2) is 0 Å². The third-order valence-corrected chi connectivity index (χ3v) is 3.61. The number of pyridine rings is 1. The molecule has 1 aliphatic heterocycles. The van der Waals surface area contributed by atoms with Crippen molar-refractivity contribution in [2.75, 3.05) is 13.2 Å². The molecule has 0 aromatic carbocycles. The van der Waals surface area contributed by atoms with E-state index in [1.54, 1.807) is 0 Å². The molecule has 0 spiro atoms. The lowest BCUT2D eigenvalue weighted by atomic mass is 9.97. The first-order chi connectivity index (χ1) is 7.83. The van der Waals surface area contributed by atoms with Crippen molar-refractivity contribution in [2.45, 2.75) is 37.6 Å². The maximum Gasteiger partial charge on any atom is 0.0549 e. The van der Waals surface area contributed by atoms with Crippen LogP contribution in [0.25, 0.3) is 0 Å². The molecule has 3 nitrogen and oxygen atoms in total. The van der Waals surface area contributed by atoms with Crippen LogP contribution in [0.1, 0.15) is 35.7 Å². The molecule has 1 aliphatic carbocycles. The fraction of sp³-hybridized carbons (Fsp3) is 0.615. The minimum Gasteiger partial charge on any atom is -0.381 e. The van der Waals surface area contributed by atoms with Crippen LogP contribution < -0.4 is 5.73 Å². The highest BCUT2D eigenvalue weighted by molar-refractivity contribution is 5.30. The van der Waals surface area contributed by atoms with Crippen LogP contribution in [0.15, 0.2) is 12.1 Å². The van der Waals surface area contributed by atoms with Gasteiger partial charge in [0.2, 0.25) is 0 Å². The molecule has 2 heterocycles. The number of hydrogen-bond acceptors (Lipinski definition) is 3. The van der Waals surface area contributed by atoms with Crippen molar-refractivity contribution in [2.24, 2.45) is 5.73 Å². The Balaban J connectivity index is 1.84. The third kappa shape index (κ3) is 1.85. The normalized spacial score (nSPS) is 29.1. The van der Waals surface area contributed by atoms with Crippen LogP contribution in [0.4, 0.5) is 0 Å². The Kier molecular flexibility index (Phi) is 2.65. The van der Waals surface area contributed by atoms with Gasteiger partial charge in [-0.15, -0.1) is 0 Å². The van der Waals surface area contributed by atoms with E-state index in [4.69, 9.17) is 15.5 Å². The largest absolute Gasteiger partial charge is 0.381 e. The quantitative estimate of drug-likeness (QED) is 0.775. The molecule has 1 saturated heterocycles. The number of nitrogens with zero attached hydrogens (tertiary/aromatic N) is 1. The molecule has 0 bridgehead atoms. The Morgan fingerprint density at radius 1 is 1.31 bits per heavy atom. The molecule has 2 atom stereocenters. The zero-order valence-corrected chi connectivity index (χ0v) is 9.48. The maximum atomic E-state index is 5.95. The van der Waals surface area contributed by atoms with Crippen LogP contribution in [-0.2, 0) is 17.6 Å². The summed E-state index contributed by atoms with van der Waals surface area (Å²) in [6.45, 7) is 1.74. The molecule has 0 radical (unpaired) electrons. The van der Waals surface area contributed by atoms with Gasteiger partial charge < -0.3 is 10.5 Å². The highest BCUT2D eigenvalue weighted by atomic mass is 16.5. The van der Waals surface area contributed by atoms with Gasteiger partial charge >= 0.3 is 0 Å². The van der Waals surface area contributed by atoms with Gasteiger partial charge in [-0.2, -0.15) is 0 Å². The molecular weight excluding hydrogens is 200 g/mol. The van der Waals surface area contributed by atoms with E-state index in [0.717, 1.165) is 32.5 Å². The molecule has 0 amide bonds. The van der Waals surface area contributed by atoms with Gasteiger partial charge in [-0.1, -0.05) is 6.07 Å². The van der Waals surface area contributed by atoms with Crippen molar-refractivity contribution >= 4 is 0 Å². The van der Waals surface area contributed by atoms with Crippen molar-refractivity contribution < 1.29 is 4.74 Å². The lowest BCUT2D eigenvalue weighted by Gasteiger charge is -2.21. The van der Waals surface area contributed by atoms with Crippen LogP contribution >= 0.6 is 0 Å². The van der Waals surface area contributed by atoms with Crippen LogP contribution in [0.2, 0.25) is 0 Å². The van der Waals surface area contributed by atoms with E-state index < -0.39 is 0 Å². The molecule has 0 saturated carbocycles. The predicted molar refractivity (Wildman–Crippen MR) is 62.4 cm³/mol. The molecule has 3 heteroatoms. The lowest BCUT2D eigenvalue weighted by Crippen LogP contribution is -2.19. The average Bonchev–Trinajstić information content (AvgIpc) is 2.69. The van der Waals surface area contributed by atoms with Crippen molar-refractivity contribution in [1.29, 1.82) is 0 Å².